The van der Waals surface area contributed by atoms with Crippen LogP contribution in [0.4, 0.5) is 36.3 Å². The molecule has 0 N–H and O–H groups in total. The molecule has 1 atom stereocenters. The van der Waals surface area contributed by atoms with Gasteiger partial charge in [0.25, 0.3) is 16.0 Å². The van der Waals surface area contributed by atoms with Gasteiger partial charge in [-0.05, 0) is 42.8 Å². The molecule has 9 nitrogen and oxygen atoms in total. The highest BCUT2D eigenvalue weighted by Crippen LogP contribution is 2.35. The van der Waals surface area contributed by atoms with E-state index < -0.39 is 15.8 Å². The van der Waals surface area contributed by atoms with Crippen LogP contribution in [0, 0.1) is 0 Å². The quantitative estimate of drug-likeness (QED) is 0.396. The first-order chi connectivity index (χ1) is 13.8. The summed E-state index contributed by atoms with van der Waals surface area (Å²) < 4.78 is 58.4. The molecule has 0 aliphatic heterocycles. The summed E-state index contributed by atoms with van der Waals surface area (Å²) in [6, 6.07) is 4.47. The number of azo groups is 1. The molecule has 0 spiro atoms. The summed E-state index contributed by atoms with van der Waals surface area (Å²) in [5.74, 6) is -3.62. The molecule has 0 amide bonds. The predicted octanol–water partition coefficient (Wildman–Crippen LogP) is 4.94. The van der Waals surface area contributed by atoms with Crippen molar-refractivity contribution in [1.29, 1.82) is 0 Å². The molecular weight excluding hydrogens is 431 g/mol. The number of rotatable bonds is 9. The van der Waals surface area contributed by atoms with Crippen molar-refractivity contribution >= 4 is 44.8 Å². The van der Waals surface area contributed by atoms with E-state index in [4.69, 9.17) is 0 Å². The summed E-state index contributed by atoms with van der Waals surface area (Å²) in [5, 5.41) is 12.4. The highest BCUT2D eigenvalue weighted by molar-refractivity contribution is 7.98. The minimum absolute atomic E-state index is 0.0236. The molecule has 29 heavy (non-hydrogen) atoms. The summed E-state index contributed by atoms with van der Waals surface area (Å²) in [5.41, 5.74) is 0.315. The maximum Gasteiger partial charge on any atom is 0.345 e. The van der Waals surface area contributed by atoms with Gasteiger partial charge in [-0.2, -0.15) is 18.1 Å². The number of halogens is 3. The Kier molecular flexibility index (Phi) is 7.98. The molecule has 0 saturated carbocycles. The van der Waals surface area contributed by atoms with Gasteiger partial charge in [-0.1, -0.05) is 16.1 Å². The van der Waals surface area contributed by atoms with Crippen LogP contribution < -0.4 is 4.90 Å². The Hall–Kier alpha value is -2.19. The van der Waals surface area contributed by atoms with Crippen molar-refractivity contribution in [3.63, 3.8) is 0 Å². The van der Waals surface area contributed by atoms with Crippen LogP contribution in [0.3, 0.4) is 0 Å². The molecule has 160 valence electrons. The fourth-order valence-electron chi connectivity index (χ4n) is 2.35. The Labute approximate surface area is 170 Å². The second-order valence-corrected chi connectivity index (χ2v) is 7.97. The third kappa shape index (κ3) is 5.45. The normalized spacial score (nSPS) is 13.8. The van der Waals surface area contributed by atoms with Gasteiger partial charge in [0.15, 0.2) is 5.16 Å². The number of hydrogen-bond acceptors (Lipinski definition) is 9. The van der Waals surface area contributed by atoms with Gasteiger partial charge in [-0.25, -0.2) is 8.89 Å². The summed E-state index contributed by atoms with van der Waals surface area (Å²) in [6.45, 7) is 5.04. The van der Waals surface area contributed by atoms with Crippen molar-refractivity contribution in [3.05, 3.63) is 18.2 Å². The number of aryl methyl sites for hydroxylation is 1. The molecule has 0 radical (unpaired) electrons. The fourth-order valence-corrected chi connectivity index (χ4v) is 3.41. The number of alkyl halides is 2. The van der Waals surface area contributed by atoms with Crippen molar-refractivity contribution in [2.24, 2.45) is 21.6 Å². The van der Waals surface area contributed by atoms with E-state index in [1.807, 2.05) is 25.0 Å². The van der Waals surface area contributed by atoms with Gasteiger partial charge < -0.3 is 4.90 Å². The van der Waals surface area contributed by atoms with Crippen LogP contribution in [0.2, 0.25) is 0 Å². The van der Waals surface area contributed by atoms with E-state index in [1.54, 1.807) is 13.1 Å². The van der Waals surface area contributed by atoms with Crippen LogP contribution in [-0.4, -0.2) is 44.1 Å². The van der Waals surface area contributed by atoms with E-state index in [9.17, 15) is 17.5 Å². The first-order valence-corrected chi connectivity index (χ1v) is 11.1. The van der Waals surface area contributed by atoms with Gasteiger partial charge in [-0.3, -0.25) is 0 Å². The zero-order chi connectivity index (χ0) is 21.6. The van der Waals surface area contributed by atoms with Crippen molar-refractivity contribution in [2.45, 2.75) is 24.8 Å². The number of benzene rings is 1. The van der Waals surface area contributed by atoms with Crippen LogP contribution in [0.1, 0.15) is 13.8 Å². The van der Waals surface area contributed by atoms with Gasteiger partial charge >= 0.3 is 5.76 Å². The van der Waals surface area contributed by atoms with Crippen LogP contribution in [0.5, 0.6) is 0 Å². The maximum atomic E-state index is 13.0. The molecule has 14 heteroatoms. The van der Waals surface area contributed by atoms with E-state index >= 15 is 0 Å². The number of hydrogen-bond donors (Lipinski definition) is 0. The zero-order valence-corrected chi connectivity index (χ0v) is 17.8. The third-order valence-corrected chi connectivity index (χ3v) is 5.57. The fraction of sp³-hybridized carbons (Fsp3) is 0.467. The van der Waals surface area contributed by atoms with Crippen LogP contribution in [0.25, 0.3) is 0 Å². The monoisotopic (exact) mass is 451 g/mol. The summed E-state index contributed by atoms with van der Waals surface area (Å²) >= 11 is 1.35. The predicted molar refractivity (Wildman–Crippen MR) is 105 cm³/mol. The van der Waals surface area contributed by atoms with E-state index in [2.05, 4.69) is 29.1 Å². The molecule has 2 aromatic rings. The Morgan fingerprint density at radius 3 is 2.48 bits per heavy atom. The summed E-state index contributed by atoms with van der Waals surface area (Å²) in [6.07, 6.45) is 1.81. The zero-order valence-electron chi connectivity index (χ0n) is 16.1. The molecule has 1 aromatic heterocycles. The topological polar surface area (TPSA) is 97.3 Å². The van der Waals surface area contributed by atoms with Gasteiger partial charge in [0.05, 0.1) is 0 Å². The number of anilines is 1. The van der Waals surface area contributed by atoms with Crippen LogP contribution in [-0.2, 0) is 21.4 Å². The SMILES string of the molecule is CCN(CC)c1ccc(N=Nc2nc(SC)n(C)n2)c(N=S(=O)(OF)C(F)F)c1. The van der Waals surface area contributed by atoms with Crippen molar-refractivity contribution in [3.8, 4) is 0 Å². The molecule has 0 aliphatic rings. The van der Waals surface area contributed by atoms with E-state index in [1.165, 1.54) is 28.6 Å². The molecule has 0 fully saturated rings. The second-order valence-electron chi connectivity index (χ2n) is 5.50. The Morgan fingerprint density at radius 2 is 1.97 bits per heavy atom. The molecule has 1 aromatic carbocycles. The Morgan fingerprint density at radius 1 is 1.28 bits per heavy atom. The summed E-state index contributed by atoms with van der Waals surface area (Å²) in [4.78, 5) is 6.01. The minimum Gasteiger partial charge on any atom is -0.372 e. The second kappa shape index (κ2) is 10.0. The number of aromatic nitrogens is 3. The van der Waals surface area contributed by atoms with Gasteiger partial charge in [-0.15, -0.1) is 15.3 Å². The van der Waals surface area contributed by atoms with E-state index in [0.717, 1.165) is 0 Å². The average molecular weight is 452 g/mol. The largest absolute Gasteiger partial charge is 0.372 e. The summed E-state index contributed by atoms with van der Waals surface area (Å²) in [7, 11) is -3.22. The lowest BCUT2D eigenvalue weighted by Gasteiger charge is -2.21. The lowest BCUT2D eigenvalue weighted by atomic mass is 10.2. The average Bonchev–Trinajstić information content (AvgIpc) is 3.07. The smallest absolute Gasteiger partial charge is 0.345 e. The van der Waals surface area contributed by atoms with Gasteiger partial charge in [0, 0.05) is 25.8 Å². The van der Waals surface area contributed by atoms with E-state index in [-0.39, 0.29) is 17.3 Å². The van der Waals surface area contributed by atoms with E-state index in [0.29, 0.717) is 23.9 Å². The van der Waals surface area contributed by atoms with Crippen molar-refractivity contribution in [1.82, 2.24) is 14.8 Å². The number of thioether (sulfide) groups is 1. The number of nitrogens with zero attached hydrogens (tertiary/aromatic N) is 7. The molecule has 1 heterocycles. The molecule has 0 aliphatic carbocycles. The van der Waals surface area contributed by atoms with Crippen molar-refractivity contribution < 1.29 is 21.9 Å². The highest BCUT2D eigenvalue weighted by atomic mass is 32.2. The lowest BCUT2D eigenvalue weighted by Crippen LogP contribution is -2.21. The van der Waals surface area contributed by atoms with Crippen LogP contribution in [0.15, 0.2) is 37.9 Å². The van der Waals surface area contributed by atoms with Crippen LogP contribution >= 0.6 is 11.8 Å². The van der Waals surface area contributed by atoms with Gasteiger partial charge in [0.2, 0.25) is 0 Å². The highest BCUT2D eigenvalue weighted by Gasteiger charge is 2.25. The molecule has 2 rings (SSSR count). The molecule has 1 unspecified atom stereocenters. The Balaban J connectivity index is 2.56. The van der Waals surface area contributed by atoms with Gasteiger partial charge in [0.1, 0.15) is 11.4 Å². The van der Waals surface area contributed by atoms with Crippen molar-refractivity contribution in [2.75, 3.05) is 24.2 Å². The molecular formula is C15H20F3N7O2S2. The first kappa shape index (κ1) is 23.1. The third-order valence-electron chi connectivity index (χ3n) is 3.77. The molecule has 0 bridgehead atoms. The Bertz CT molecular complexity index is 986. The first-order valence-electron chi connectivity index (χ1n) is 8.38. The molecule has 0 saturated heterocycles. The maximum absolute atomic E-state index is 13.0. The lowest BCUT2D eigenvalue weighted by molar-refractivity contribution is -0.000950. The standard InChI is InChI=1S/C15H20F3N7O2S2/c1-5-25(6-2)10-7-8-11(12(9-10)23-29(26,27-18)13(16)17)20-21-14-19-15(28-4)24(3)22-14/h7-9,13H,5-6H2,1-4H3. The minimum atomic E-state index is -4.90.